The Morgan fingerprint density at radius 1 is 0.974 bits per heavy atom. The average Bonchev–Trinajstić information content (AvgIpc) is 3.66. The molecule has 0 spiro atoms. The summed E-state index contributed by atoms with van der Waals surface area (Å²) in [7, 11) is -3.35. The number of nitrogens with one attached hydrogen (secondary N) is 1. The van der Waals surface area contributed by atoms with Crippen LogP contribution >= 0.6 is 11.6 Å². The van der Waals surface area contributed by atoms with Crippen molar-refractivity contribution in [3.8, 4) is 0 Å². The molecular weight excluding hydrogens is 541 g/mol. The summed E-state index contributed by atoms with van der Waals surface area (Å²) < 4.78 is 64.3. The van der Waals surface area contributed by atoms with Crippen LogP contribution in [0, 0.1) is 5.92 Å². The number of halogens is 4. The van der Waals surface area contributed by atoms with Gasteiger partial charge in [-0.15, -0.1) is 0 Å². The number of alkyl halides is 3. The Balaban J connectivity index is 1.42. The first-order valence-electron chi connectivity index (χ1n) is 11.8. The molecule has 200 valence electrons. The lowest BCUT2D eigenvalue weighted by atomic mass is 10.1. The highest BCUT2D eigenvalue weighted by atomic mass is 35.5. The summed E-state index contributed by atoms with van der Waals surface area (Å²) >= 11 is 6.23. The van der Waals surface area contributed by atoms with Crippen molar-refractivity contribution in [1.82, 2.24) is 0 Å². The standard InChI is InChI=1S/C27H24ClF3N2O4S/c28-24-15-20(10-13-23(24)26(35)33(17-27(29,30)31)21-4-2-1-3-5-21)32-25(34)14-18-8-11-22(12-9-18)38(36,37)16-19-6-7-19/h1-5,8-13,15,19H,6-7,14,16-17H2,(H,32,34). The zero-order valence-corrected chi connectivity index (χ0v) is 21.6. The van der Waals surface area contributed by atoms with Crippen molar-refractivity contribution in [1.29, 1.82) is 0 Å². The predicted octanol–water partition coefficient (Wildman–Crippen LogP) is 5.91. The molecule has 0 heterocycles. The number of sulfone groups is 1. The van der Waals surface area contributed by atoms with Crippen molar-refractivity contribution in [2.75, 3.05) is 22.5 Å². The van der Waals surface area contributed by atoms with E-state index in [2.05, 4.69) is 5.32 Å². The summed E-state index contributed by atoms with van der Waals surface area (Å²) in [5, 5.41) is 2.51. The quantitative estimate of drug-likeness (QED) is 0.350. The minimum atomic E-state index is -4.63. The van der Waals surface area contributed by atoms with E-state index in [1.54, 1.807) is 18.2 Å². The van der Waals surface area contributed by atoms with Gasteiger partial charge in [-0.05, 0) is 66.8 Å². The molecule has 6 nitrogen and oxygen atoms in total. The number of nitrogens with zero attached hydrogens (tertiary/aromatic N) is 1. The molecule has 38 heavy (non-hydrogen) atoms. The molecule has 0 unspecified atom stereocenters. The summed E-state index contributed by atoms with van der Waals surface area (Å²) in [5.41, 5.74) is 0.758. The highest BCUT2D eigenvalue weighted by Crippen LogP contribution is 2.32. The van der Waals surface area contributed by atoms with Crippen molar-refractivity contribution < 1.29 is 31.2 Å². The van der Waals surface area contributed by atoms with Crippen molar-refractivity contribution in [2.45, 2.75) is 30.3 Å². The molecule has 1 saturated carbocycles. The summed E-state index contributed by atoms with van der Waals surface area (Å²) in [6.07, 6.45) is -2.83. The van der Waals surface area contributed by atoms with Crippen LogP contribution in [0.2, 0.25) is 5.02 Å². The minimum Gasteiger partial charge on any atom is -0.326 e. The number of amides is 2. The van der Waals surface area contributed by atoms with Crippen molar-refractivity contribution in [3.05, 3.63) is 88.9 Å². The van der Waals surface area contributed by atoms with Crippen LogP contribution in [0.4, 0.5) is 24.5 Å². The molecule has 3 aromatic rings. The second-order valence-electron chi connectivity index (χ2n) is 9.13. The van der Waals surface area contributed by atoms with Gasteiger partial charge in [-0.2, -0.15) is 13.2 Å². The number of rotatable bonds is 9. The van der Waals surface area contributed by atoms with E-state index in [-0.39, 0.29) is 44.9 Å². The van der Waals surface area contributed by atoms with Gasteiger partial charge < -0.3 is 5.32 Å². The molecule has 1 aliphatic rings. The Morgan fingerprint density at radius 2 is 1.63 bits per heavy atom. The van der Waals surface area contributed by atoms with Crippen LogP contribution in [-0.4, -0.2) is 38.7 Å². The Morgan fingerprint density at radius 3 is 2.21 bits per heavy atom. The van der Waals surface area contributed by atoms with E-state index in [4.69, 9.17) is 11.6 Å². The Bertz CT molecular complexity index is 1420. The molecule has 0 atom stereocenters. The molecule has 0 aromatic heterocycles. The lowest BCUT2D eigenvalue weighted by Crippen LogP contribution is -2.39. The monoisotopic (exact) mass is 564 g/mol. The lowest BCUT2D eigenvalue weighted by Gasteiger charge is -2.24. The SMILES string of the molecule is O=C(Cc1ccc(S(=O)(=O)CC2CC2)cc1)Nc1ccc(C(=O)N(CC(F)(F)F)c2ccccc2)c(Cl)c1. The maximum absolute atomic E-state index is 13.2. The molecule has 0 saturated heterocycles. The summed E-state index contributed by atoms with van der Waals surface area (Å²) in [4.78, 5) is 26.3. The number of carbonyl (C=O) groups excluding carboxylic acids is 2. The first-order chi connectivity index (χ1) is 17.9. The van der Waals surface area contributed by atoms with E-state index >= 15 is 0 Å². The third kappa shape index (κ3) is 7.35. The molecule has 2 amide bonds. The average molecular weight is 565 g/mol. The van der Waals surface area contributed by atoms with E-state index in [1.807, 2.05) is 0 Å². The van der Waals surface area contributed by atoms with Crippen LogP contribution in [0.5, 0.6) is 0 Å². The molecule has 0 radical (unpaired) electrons. The molecule has 0 aliphatic heterocycles. The molecule has 1 aliphatic carbocycles. The predicted molar refractivity (Wildman–Crippen MR) is 139 cm³/mol. The van der Waals surface area contributed by atoms with Crippen LogP contribution < -0.4 is 10.2 Å². The van der Waals surface area contributed by atoms with Gasteiger partial charge in [-0.3, -0.25) is 14.5 Å². The minimum absolute atomic E-state index is 0.0470. The fourth-order valence-corrected chi connectivity index (χ4v) is 5.83. The smallest absolute Gasteiger partial charge is 0.326 e. The molecular formula is C27H24ClF3N2O4S. The topological polar surface area (TPSA) is 83.5 Å². The molecule has 11 heteroatoms. The first-order valence-corrected chi connectivity index (χ1v) is 13.8. The third-order valence-corrected chi connectivity index (χ3v) is 8.15. The third-order valence-electron chi connectivity index (χ3n) is 5.93. The maximum Gasteiger partial charge on any atom is 0.406 e. The van der Waals surface area contributed by atoms with Gasteiger partial charge in [0.1, 0.15) is 6.54 Å². The van der Waals surface area contributed by atoms with Gasteiger partial charge in [0.15, 0.2) is 9.84 Å². The van der Waals surface area contributed by atoms with Crippen molar-refractivity contribution >= 4 is 44.6 Å². The molecule has 3 aromatic carbocycles. The summed E-state index contributed by atoms with van der Waals surface area (Å²) in [6.45, 7) is -1.49. The van der Waals surface area contributed by atoms with E-state index in [9.17, 15) is 31.2 Å². The number of carbonyl (C=O) groups is 2. The van der Waals surface area contributed by atoms with Crippen LogP contribution in [0.15, 0.2) is 77.7 Å². The van der Waals surface area contributed by atoms with Crippen LogP contribution in [0.3, 0.4) is 0 Å². The van der Waals surface area contributed by atoms with Crippen molar-refractivity contribution in [2.24, 2.45) is 5.92 Å². The zero-order chi connectivity index (χ0) is 27.5. The van der Waals surface area contributed by atoms with E-state index in [0.717, 1.165) is 12.8 Å². The molecule has 0 bridgehead atoms. The Labute approximate surface area is 223 Å². The first kappa shape index (κ1) is 27.7. The summed E-state index contributed by atoms with van der Waals surface area (Å²) in [5.74, 6) is -0.999. The number of para-hydroxylation sites is 1. The zero-order valence-electron chi connectivity index (χ0n) is 20.0. The normalized spacial score (nSPS) is 13.7. The number of benzene rings is 3. The highest BCUT2D eigenvalue weighted by Gasteiger charge is 2.35. The van der Waals surface area contributed by atoms with Gasteiger partial charge in [0.2, 0.25) is 5.91 Å². The van der Waals surface area contributed by atoms with Gasteiger partial charge in [-0.25, -0.2) is 8.42 Å². The van der Waals surface area contributed by atoms with E-state index < -0.39 is 34.4 Å². The lowest BCUT2D eigenvalue weighted by molar-refractivity contribution is -0.118. The number of hydrogen-bond acceptors (Lipinski definition) is 4. The van der Waals surface area contributed by atoms with E-state index in [1.165, 1.54) is 54.6 Å². The second kappa shape index (κ2) is 11.2. The Hall–Kier alpha value is -3.37. The molecule has 4 rings (SSSR count). The largest absolute Gasteiger partial charge is 0.406 e. The number of anilines is 2. The van der Waals surface area contributed by atoms with Gasteiger partial charge in [-0.1, -0.05) is 41.9 Å². The van der Waals surface area contributed by atoms with E-state index in [0.29, 0.717) is 10.5 Å². The second-order valence-corrected chi connectivity index (χ2v) is 11.6. The highest BCUT2D eigenvalue weighted by molar-refractivity contribution is 7.91. The molecule has 1 N–H and O–H groups in total. The maximum atomic E-state index is 13.2. The number of hydrogen-bond donors (Lipinski definition) is 1. The summed E-state index contributed by atoms with van der Waals surface area (Å²) in [6, 6.07) is 17.5. The fraction of sp³-hybridized carbons (Fsp3) is 0.259. The van der Waals surface area contributed by atoms with Crippen LogP contribution in [-0.2, 0) is 21.1 Å². The van der Waals surface area contributed by atoms with Gasteiger partial charge in [0.05, 0.1) is 27.7 Å². The Kier molecular flexibility index (Phi) is 8.13. The van der Waals surface area contributed by atoms with Crippen LogP contribution in [0.25, 0.3) is 0 Å². The van der Waals surface area contributed by atoms with Gasteiger partial charge in [0, 0.05) is 11.4 Å². The molecule has 1 fully saturated rings. The van der Waals surface area contributed by atoms with Crippen molar-refractivity contribution in [3.63, 3.8) is 0 Å². The van der Waals surface area contributed by atoms with Gasteiger partial charge in [0.25, 0.3) is 5.91 Å². The fourth-order valence-electron chi connectivity index (χ4n) is 3.88. The van der Waals surface area contributed by atoms with Gasteiger partial charge >= 0.3 is 6.18 Å². The van der Waals surface area contributed by atoms with Crippen LogP contribution in [0.1, 0.15) is 28.8 Å².